The fourth-order valence-corrected chi connectivity index (χ4v) is 4.97. The van der Waals surface area contributed by atoms with Gasteiger partial charge in [-0.1, -0.05) is 12.1 Å². The molecule has 0 aliphatic heterocycles. The van der Waals surface area contributed by atoms with Crippen molar-refractivity contribution in [2.45, 2.75) is 32.6 Å². The molecule has 7 heteroatoms. The predicted octanol–water partition coefficient (Wildman–Crippen LogP) is 3.86. The van der Waals surface area contributed by atoms with Crippen LogP contribution in [-0.4, -0.2) is 19.9 Å². The Balaban J connectivity index is 1.73. The molecule has 0 fully saturated rings. The third-order valence-electron chi connectivity index (χ3n) is 4.80. The van der Waals surface area contributed by atoms with E-state index in [2.05, 4.69) is 25.3 Å². The Morgan fingerprint density at radius 2 is 1.92 bits per heavy atom. The zero-order valence-electron chi connectivity index (χ0n) is 14.3. The van der Waals surface area contributed by atoms with Crippen molar-refractivity contribution in [2.24, 2.45) is 0 Å². The Labute approximate surface area is 153 Å². The number of nitrogens with one attached hydrogen (secondary N) is 2. The van der Waals surface area contributed by atoms with Gasteiger partial charge in [0.25, 0.3) is 0 Å². The lowest BCUT2D eigenvalue weighted by atomic mass is 9.97. The van der Waals surface area contributed by atoms with Gasteiger partial charge >= 0.3 is 5.69 Å². The fraction of sp³-hybridized carbons (Fsp3) is 0.263. The average molecular weight is 363 g/mol. The summed E-state index contributed by atoms with van der Waals surface area (Å²) in [5.41, 5.74) is 1.73. The van der Waals surface area contributed by atoms with Crippen LogP contribution >= 0.6 is 11.3 Å². The van der Waals surface area contributed by atoms with Crippen LogP contribution in [0.2, 0.25) is 0 Å². The van der Waals surface area contributed by atoms with Crippen molar-refractivity contribution in [3.63, 3.8) is 0 Å². The Hall–Kier alpha value is -2.80. The molecule has 0 saturated heterocycles. The van der Waals surface area contributed by atoms with E-state index in [1.807, 2.05) is 31.2 Å². The summed E-state index contributed by atoms with van der Waals surface area (Å²) in [4.78, 5) is 30.6. The lowest BCUT2D eigenvalue weighted by molar-refractivity contribution is 0.700. The number of anilines is 2. The summed E-state index contributed by atoms with van der Waals surface area (Å²) in [6, 6.07) is 7.64. The van der Waals surface area contributed by atoms with Gasteiger partial charge in [0.2, 0.25) is 0 Å². The van der Waals surface area contributed by atoms with Crippen LogP contribution in [0.4, 0.5) is 11.6 Å². The SMILES string of the molecule is Cc1nc(Nc2nc(=O)[nH]c3ccccc23)c2c3c(sc2n1)CCCC3. The van der Waals surface area contributed by atoms with Gasteiger partial charge in [-0.25, -0.2) is 14.8 Å². The van der Waals surface area contributed by atoms with Crippen molar-refractivity contribution in [2.75, 3.05) is 5.32 Å². The molecule has 1 aromatic carbocycles. The lowest BCUT2D eigenvalue weighted by Crippen LogP contribution is -2.13. The Bertz CT molecular complexity index is 1210. The van der Waals surface area contributed by atoms with Crippen LogP contribution in [0.5, 0.6) is 0 Å². The molecule has 4 aromatic rings. The van der Waals surface area contributed by atoms with Crippen molar-refractivity contribution in [1.29, 1.82) is 0 Å². The van der Waals surface area contributed by atoms with E-state index in [4.69, 9.17) is 0 Å². The number of para-hydroxylation sites is 1. The number of nitrogens with zero attached hydrogens (tertiary/aromatic N) is 3. The number of hydrogen-bond acceptors (Lipinski definition) is 6. The summed E-state index contributed by atoms with van der Waals surface area (Å²) in [5.74, 6) is 1.99. The van der Waals surface area contributed by atoms with Crippen molar-refractivity contribution >= 4 is 44.1 Å². The van der Waals surface area contributed by atoms with Gasteiger partial charge in [-0.05, 0) is 50.3 Å². The van der Waals surface area contributed by atoms with Gasteiger partial charge in [-0.2, -0.15) is 4.98 Å². The van der Waals surface area contributed by atoms with Gasteiger partial charge < -0.3 is 10.3 Å². The highest BCUT2D eigenvalue weighted by Crippen LogP contribution is 2.39. The zero-order chi connectivity index (χ0) is 17.7. The molecule has 0 spiro atoms. The first-order valence-corrected chi connectivity index (χ1v) is 9.55. The van der Waals surface area contributed by atoms with Crippen molar-refractivity contribution in [3.8, 4) is 0 Å². The van der Waals surface area contributed by atoms with Crippen molar-refractivity contribution in [1.82, 2.24) is 19.9 Å². The number of benzene rings is 1. The second-order valence-electron chi connectivity index (χ2n) is 6.57. The van der Waals surface area contributed by atoms with E-state index in [-0.39, 0.29) is 5.69 Å². The Kier molecular flexibility index (Phi) is 3.49. The first-order valence-electron chi connectivity index (χ1n) is 8.74. The van der Waals surface area contributed by atoms with E-state index in [0.29, 0.717) is 11.6 Å². The minimum Gasteiger partial charge on any atom is -0.324 e. The van der Waals surface area contributed by atoms with Gasteiger partial charge in [0, 0.05) is 10.3 Å². The summed E-state index contributed by atoms with van der Waals surface area (Å²) >= 11 is 1.77. The summed E-state index contributed by atoms with van der Waals surface area (Å²) in [7, 11) is 0. The molecule has 5 rings (SSSR count). The van der Waals surface area contributed by atoms with Gasteiger partial charge in [-0.15, -0.1) is 11.3 Å². The van der Waals surface area contributed by atoms with Crippen molar-refractivity contribution in [3.05, 3.63) is 51.0 Å². The molecule has 2 N–H and O–H groups in total. The van der Waals surface area contributed by atoms with E-state index in [9.17, 15) is 4.79 Å². The average Bonchev–Trinajstić information content (AvgIpc) is 2.99. The van der Waals surface area contributed by atoms with E-state index in [1.54, 1.807) is 11.3 Å². The lowest BCUT2D eigenvalue weighted by Gasteiger charge is -2.13. The number of H-pyrrole nitrogens is 1. The molecule has 1 aliphatic rings. The zero-order valence-corrected chi connectivity index (χ0v) is 15.1. The highest BCUT2D eigenvalue weighted by Gasteiger charge is 2.21. The molecule has 3 aromatic heterocycles. The molecule has 0 amide bonds. The van der Waals surface area contributed by atoms with E-state index in [0.717, 1.165) is 39.8 Å². The van der Waals surface area contributed by atoms with Gasteiger partial charge in [0.05, 0.1) is 10.9 Å². The summed E-state index contributed by atoms with van der Waals surface area (Å²) < 4.78 is 0. The van der Waals surface area contributed by atoms with Crippen LogP contribution in [0.3, 0.4) is 0 Å². The molecule has 26 heavy (non-hydrogen) atoms. The molecule has 0 atom stereocenters. The second kappa shape index (κ2) is 5.88. The van der Waals surface area contributed by atoms with Crippen LogP contribution in [0.25, 0.3) is 21.1 Å². The summed E-state index contributed by atoms with van der Waals surface area (Å²) in [6.45, 7) is 1.90. The van der Waals surface area contributed by atoms with Gasteiger partial charge in [0.1, 0.15) is 22.3 Å². The third-order valence-corrected chi connectivity index (χ3v) is 5.99. The number of fused-ring (bicyclic) bond motifs is 4. The standard InChI is InChI=1S/C19H17N5OS/c1-10-20-17(15-12-7-3-5-9-14(12)26-18(15)21-10)23-16-11-6-2-4-8-13(11)22-19(25)24-16/h2,4,6,8H,3,5,7,9H2,1H3,(H2,20,21,22,23,24,25). The minimum atomic E-state index is -0.374. The van der Waals surface area contributed by atoms with Crippen LogP contribution in [0.1, 0.15) is 29.1 Å². The van der Waals surface area contributed by atoms with Crippen LogP contribution in [0, 0.1) is 6.92 Å². The van der Waals surface area contributed by atoms with Crippen LogP contribution in [-0.2, 0) is 12.8 Å². The largest absolute Gasteiger partial charge is 0.347 e. The number of aromatic amines is 1. The smallest absolute Gasteiger partial charge is 0.324 e. The Morgan fingerprint density at radius 1 is 1.08 bits per heavy atom. The van der Waals surface area contributed by atoms with Crippen LogP contribution in [0.15, 0.2) is 29.1 Å². The molecule has 3 heterocycles. The maximum Gasteiger partial charge on any atom is 0.347 e. The molecular formula is C19H17N5OS. The quantitative estimate of drug-likeness (QED) is 0.565. The Morgan fingerprint density at radius 3 is 2.85 bits per heavy atom. The number of thiophene rings is 1. The number of aryl methyl sites for hydroxylation is 3. The highest BCUT2D eigenvalue weighted by molar-refractivity contribution is 7.19. The molecule has 1 aliphatic carbocycles. The summed E-state index contributed by atoms with van der Waals surface area (Å²) in [6.07, 6.45) is 4.59. The molecule has 0 unspecified atom stereocenters. The molecule has 0 radical (unpaired) electrons. The van der Waals surface area contributed by atoms with E-state index < -0.39 is 0 Å². The monoisotopic (exact) mass is 363 g/mol. The van der Waals surface area contributed by atoms with Crippen molar-refractivity contribution < 1.29 is 0 Å². The first-order chi connectivity index (χ1) is 12.7. The molecule has 130 valence electrons. The minimum absolute atomic E-state index is 0.374. The molecule has 0 bridgehead atoms. The number of rotatable bonds is 2. The number of aromatic nitrogens is 4. The maximum atomic E-state index is 12.0. The van der Waals surface area contributed by atoms with E-state index in [1.165, 1.54) is 23.3 Å². The third kappa shape index (κ3) is 2.47. The second-order valence-corrected chi connectivity index (χ2v) is 7.66. The molecular weight excluding hydrogens is 346 g/mol. The van der Waals surface area contributed by atoms with Gasteiger partial charge in [-0.3, -0.25) is 0 Å². The highest BCUT2D eigenvalue weighted by atomic mass is 32.1. The van der Waals surface area contributed by atoms with Crippen LogP contribution < -0.4 is 11.0 Å². The predicted molar refractivity (Wildman–Crippen MR) is 104 cm³/mol. The number of hydrogen-bond donors (Lipinski definition) is 2. The first kappa shape index (κ1) is 15.5. The van der Waals surface area contributed by atoms with Gasteiger partial charge in [0.15, 0.2) is 0 Å². The summed E-state index contributed by atoms with van der Waals surface area (Å²) in [5, 5.41) is 5.28. The fourth-order valence-electron chi connectivity index (χ4n) is 3.67. The van der Waals surface area contributed by atoms with E-state index >= 15 is 0 Å². The normalized spacial score (nSPS) is 13.9. The maximum absolute atomic E-state index is 12.0. The molecule has 0 saturated carbocycles. The topological polar surface area (TPSA) is 83.6 Å². The molecule has 6 nitrogen and oxygen atoms in total.